The van der Waals surface area contributed by atoms with Crippen molar-refractivity contribution in [3.8, 4) is 0 Å². The van der Waals surface area contributed by atoms with Gasteiger partial charge in [0.15, 0.2) is 0 Å². The molecule has 1 heterocycles. The summed E-state index contributed by atoms with van der Waals surface area (Å²) in [6.45, 7) is 0.768. The summed E-state index contributed by atoms with van der Waals surface area (Å²) in [5.41, 5.74) is 3.03. The zero-order valence-corrected chi connectivity index (χ0v) is 10.3. The van der Waals surface area contributed by atoms with Gasteiger partial charge < -0.3 is 15.4 Å². The van der Waals surface area contributed by atoms with Crippen molar-refractivity contribution >= 4 is 21.6 Å². The summed E-state index contributed by atoms with van der Waals surface area (Å²) in [4.78, 5) is 3.01. The molecule has 3 nitrogen and oxygen atoms in total. The summed E-state index contributed by atoms with van der Waals surface area (Å²) >= 11 is 3.42. The fraction of sp³-hybridized carbons (Fsp3) is 0.167. The van der Waals surface area contributed by atoms with Gasteiger partial charge in [-0.25, -0.2) is 0 Å². The first-order chi connectivity index (χ1) is 7.81. The lowest BCUT2D eigenvalue weighted by atomic mass is 10.2. The number of aliphatic hydroxyl groups excluding tert-OH is 1. The highest BCUT2D eigenvalue weighted by Crippen LogP contribution is 2.25. The highest BCUT2D eigenvalue weighted by Gasteiger charge is 2.04. The fourth-order valence-corrected chi connectivity index (χ4v) is 2.04. The summed E-state index contributed by atoms with van der Waals surface area (Å²) in [6.07, 6.45) is 3.84. The van der Waals surface area contributed by atoms with Crippen molar-refractivity contribution in [2.24, 2.45) is 0 Å². The minimum absolute atomic E-state index is 0.0247. The molecule has 4 heteroatoms. The minimum atomic E-state index is 0.0247. The molecule has 0 aliphatic rings. The molecule has 0 bridgehead atoms. The molecule has 0 amide bonds. The maximum Gasteiger partial charge on any atom is 0.0713 e. The van der Waals surface area contributed by atoms with Gasteiger partial charge in [0, 0.05) is 34.7 Å². The average molecular weight is 281 g/mol. The van der Waals surface area contributed by atoms with E-state index < -0.39 is 0 Å². The third kappa shape index (κ3) is 2.46. The molecule has 0 radical (unpaired) electrons. The van der Waals surface area contributed by atoms with Gasteiger partial charge in [-0.1, -0.05) is 22.0 Å². The molecule has 0 saturated heterocycles. The van der Waals surface area contributed by atoms with Crippen LogP contribution in [0.3, 0.4) is 0 Å². The van der Waals surface area contributed by atoms with Gasteiger partial charge in [0.05, 0.1) is 6.61 Å². The molecule has 0 aliphatic carbocycles. The number of aromatic nitrogens is 1. The highest BCUT2D eigenvalue weighted by molar-refractivity contribution is 9.10. The Kier molecular flexibility index (Phi) is 3.64. The third-order valence-electron chi connectivity index (χ3n) is 2.42. The van der Waals surface area contributed by atoms with Crippen molar-refractivity contribution in [2.45, 2.75) is 13.2 Å². The van der Waals surface area contributed by atoms with Gasteiger partial charge in [-0.3, -0.25) is 0 Å². The molecule has 2 aromatic rings. The molecule has 2 rings (SSSR count). The Morgan fingerprint density at radius 3 is 2.88 bits per heavy atom. The van der Waals surface area contributed by atoms with Gasteiger partial charge in [-0.15, -0.1) is 0 Å². The van der Waals surface area contributed by atoms with Crippen molar-refractivity contribution in [3.63, 3.8) is 0 Å². The first kappa shape index (κ1) is 11.2. The molecule has 1 aromatic carbocycles. The number of aromatic amines is 1. The first-order valence-electron chi connectivity index (χ1n) is 5.05. The molecule has 0 unspecified atom stereocenters. The maximum atomic E-state index is 9.28. The predicted octanol–water partition coefficient (Wildman–Crippen LogP) is 2.88. The summed E-state index contributed by atoms with van der Waals surface area (Å²) in [5, 5.41) is 12.6. The monoisotopic (exact) mass is 280 g/mol. The number of halogens is 1. The van der Waals surface area contributed by atoms with Crippen molar-refractivity contribution in [3.05, 3.63) is 52.3 Å². The second kappa shape index (κ2) is 5.18. The van der Waals surface area contributed by atoms with Crippen LogP contribution in [-0.2, 0) is 13.2 Å². The number of rotatable bonds is 4. The second-order valence-corrected chi connectivity index (χ2v) is 4.35. The molecule has 16 heavy (non-hydrogen) atoms. The van der Waals surface area contributed by atoms with Crippen LogP contribution in [0.2, 0.25) is 0 Å². The van der Waals surface area contributed by atoms with E-state index in [1.165, 1.54) is 5.56 Å². The van der Waals surface area contributed by atoms with Gasteiger partial charge in [-0.05, 0) is 23.8 Å². The molecule has 0 spiro atoms. The van der Waals surface area contributed by atoms with Gasteiger partial charge in [-0.2, -0.15) is 0 Å². The summed E-state index contributed by atoms with van der Waals surface area (Å²) in [6, 6.07) is 7.85. The van der Waals surface area contributed by atoms with Crippen LogP contribution >= 0.6 is 15.9 Å². The number of hydrogen-bond donors (Lipinski definition) is 3. The number of nitrogens with one attached hydrogen (secondary N) is 2. The van der Waals surface area contributed by atoms with E-state index in [0.29, 0.717) is 0 Å². The lowest BCUT2D eigenvalue weighted by Crippen LogP contribution is -2.02. The lowest BCUT2D eigenvalue weighted by Gasteiger charge is -2.11. The van der Waals surface area contributed by atoms with E-state index in [9.17, 15) is 5.11 Å². The third-order valence-corrected chi connectivity index (χ3v) is 3.17. The molecule has 1 aromatic heterocycles. The van der Waals surface area contributed by atoms with E-state index in [4.69, 9.17) is 0 Å². The Hall–Kier alpha value is -1.26. The van der Waals surface area contributed by atoms with Crippen LogP contribution in [0.1, 0.15) is 11.1 Å². The van der Waals surface area contributed by atoms with Crippen molar-refractivity contribution in [2.75, 3.05) is 5.32 Å². The lowest BCUT2D eigenvalue weighted by molar-refractivity contribution is 0.281. The Morgan fingerprint density at radius 2 is 2.19 bits per heavy atom. The summed E-state index contributed by atoms with van der Waals surface area (Å²) in [5.74, 6) is 0. The van der Waals surface area contributed by atoms with Crippen LogP contribution in [0.15, 0.2) is 41.1 Å². The summed E-state index contributed by atoms with van der Waals surface area (Å²) in [7, 11) is 0. The smallest absolute Gasteiger partial charge is 0.0713 e. The van der Waals surface area contributed by atoms with Gasteiger partial charge in [0.2, 0.25) is 0 Å². The zero-order chi connectivity index (χ0) is 11.4. The largest absolute Gasteiger partial charge is 0.392 e. The maximum absolute atomic E-state index is 9.28. The van der Waals surface area contributed by atoms with Gasteiger partial charge in [0.1, 0.15) is 0 Å². The molecule has 84 valence electrons. The van der Waals surface area contributed by atoms with Crippen molar-refractivity contribution < 1.29 is 5.11 Å². The Balaban J connectivity index is 2.12. The first-order valence-corrected chi connectivity index (χ1v) is 5.84. The second-order valence-electron chi connectivity index (χ2n) is 3.50. The SMILES string of the molecule is OCc1c(Br)cccc1NCc1cc[nH]c1. The van der Waals surface area contributed by atoms with Crippen LogP contribution < -0.4 is 5.32 Å². The molecule has 0 aliphatic heterocycles. The highest BCUT2D eigenvalue weighted by atomic mass is 79.9. The summed E-state index contributed by atoms with van der Waals surface area (Å²) < 4.78 is 0.925. The molecular formula is C12H13BrN2O. The van der Waals surface area contributed by atoms with E-state index in [1.54, 1.807) is 0 Å². The Labute approximate surface area is 103 Å². The fourth-order valence-electron chi connectivity index (χ4n) is 1.55. The van der Waals surface area contributed by atoms with Gasteiger partial charge in [0.25, 0.3) is 0 Å². The van der Waals surface area contributed by atoms with E-state index in [0.717, 1.165) is 22.3 Å². The number of anilines is 1. The van der Waals surface area contributed by atoms with E-state index >= 15 is 0 Å². The van der Waals surface area contributed by atoms with E-state index in [1.807, 2.05) is 36.7 Å². The van der Waals surface area contributed by atoms with Crippen LogP contribution in [-0.4, -0.2) is 10.1 Å². The quantitative estimate of drug-likeness (QED) is 0.807. The molecule has 3 N–H and O–H groups in total. The Morgan fingerprint density at radius 1 is 1.31 bits per heavy atom. The van der Waals surface area contributed by atoms with E-state index in [-0.39, 0.29) is 6.61 Å². The number of benzene rings is 1. The van der Waals surface area contributed by atoms with Gasteiger partial charge >= 0.3 is 0 Å². The number of hydrogen-bond acceptors (Lipinski definition) is 2. The molecular weight excluding hydrogens is 268 g/mol. The van der Waals surface area contributed by atoms with Crippen LogP contribution in [0, 0.1) is 0 Å². The topological polar surface area (TPSA) is 48.0 Å². The predicted molar refractivity (Wildman–Crippen MR) is 68.2 cm³/mol. The molecule has 0 saturated carbocycles. The van der Waals surface area contributed by atoms with Crippen molar-refractivity contribution in [1.29, 1.82) is 0 Å². The standard InChI is InChI=1S/C12H13BrN2O/c13-11-2-1-3-12(10(11)8-16)15-7-9-4-5-14-6-9/h1-6,14-16H,7-8H2. The van der Waals surface area contributed by atoms with Crippen molar-refractivity contribution in [1.82, 2.24) is 4.98 Å². The number of aliphatic hydroxyl groups is 1. The molecule has 0 fully saturated rings. The Bertz CT molecular complexity index is 454. The average Bonchev–Trinajstić information content (AvgIpc) is 2.79. The minimum Gasteiger partial charge on any atom is -0.392 e. The van der Waals surface area contributed by atoms with Crippen LogP contribution in [0.25, 0.3) is 0 Å². The van der Waals surface area contributed by atoms with Crippen LogP contribution in [0.4, 0.5) is 5.69 Å². The van der Waals surface area contributed by atoms with Crippen LogP contribution in [0.5, 0.6) is 0 Å². The molecule has 0 atom stereocenters. The zero-order valence-electron chi connectivity index (χ0n) is 8.70. The van der Waals surface area contributed by atoms with E-state index in [2.05, 4.69) is 26.2 Å². The number of H-pyrrole nitrogens is 1. The normalized spacial score (nSPS) is 10.4.